The quantitative estimate of drug-likeness (QED) is 0.910. The lowest BCUT2D eigenvalue weighted by molar-refractivity contribution is 0.0676. The minimum Gasteiger partial charge on any atom is -0.444 e. The van der Waals surface area contributed by atoms with Crippen molar-refractivity contribution in [1.82, 2.24) is 9.88 Å². The van der Waals surface area contributed by atoms with Gasteiger partial charge in [-0.2, -0.15) is 0 Å². The zero-order chi connectivity index (χ0) is 13.8. The number of benzene rings is 1. The molecule has 2 rings (SSSR count). The molecular formula is C14H16N2O3. The molecular weight excluding hydrogens is 244 g/mol. The summed E-state index contributed by atoms with van der Waals surface area (Å²) in [6.45, 7) is 1.67. The third-order valence-corrected chi connectivity index (χ3v) is 2.99. The predicted octanol–water partition coefficient (Wildman–Crippen LogP) is 1.79. The molecule has 5 nitrogen and oxygen atoms in total. The summed E-state index contributed by atoms with van der Waals surface area (Å²) < 4.78 is 5.31. The molecule has 1 aromatic heterocycles. The van der Waals surface area contributed by atoms with Crippen LogP contribution in [0.4, 0.5) is 0 Å². The summed E-state index contributed by atoms with van der Waals surface area (Å²) in [7, 11) is 1.63. The highest BCUT2D eigenvalue weighted by atomic mass is 16.3. The van der Waals surface area contributed by atoms with E-state index in [2.05, 4.69) is 4.98 Å². The molecule has 0 radical (unpaired) electrons. The van der Waals surface area contributed by atoms with Gasteiger partial charge in [0, 0.05) is 12.6 Å². The number of aliphatic hydroxyl groups excluding tert-OH is 1. The van der Waals surface area contributed by atoms with Crippen LogP contribution in [-0.2, 0) is 0 Å². The molecule has 1 amide bonds. The second-order valence-electron chi connectivity index (χ2n) is 4.35. The first-order valence-corrected chi connectivity index (χ1v) is 6.02. The number of hydrogen-bond donors (Lipinski definition) is 1. The highest BCUT2D eigenvalue weighted by molar-refractivity contribution is 5.92. The number of nitrogens with zero attached hydrogens (tertiary/aromatic N) is 2. The Balaban J connectivity index is 2.20. The Hall–Kier alpha value is -2.14. The zero-order valence-corrected chi connectivity index (χ0v) is 10.9. The summed E-state index contributed by atoms with van der Waals surface area (Å²) >= 11 is 0. The summed E-state index contributed by atoms with van der Waals surface area (Å²) in [5, 5.41) is 9.05. The van der Waals surface area contributed by atoms with Gasteiger partial charge in [-0.1, -0.05) is 18.2 Å². The number of aliphatic hydroxyl groups is 1. The topological polar surface area (TPSA) is 66.6 Å². The Labute approximate surface area is 111 Å². The smallest absolute Gasteiger partial charge is 0.275 e. The Kier molecular flexibility index (Phi) is 3.97. The van der Waals surface area contributed by atoms with Gasteiger partial charge >= 0.3 is 0 Å². The van der Waals surface area contributed by atoms with E-state index in [-0.39, 0.29) is 24.2 Å². The van der Waals surface area contributed by atoms with Crippen LogP contribution in [0.25, 0.3) is 11.5 Å². The van der Waals surface area contributed by atoms with Crippen molar-refractivity contribution in [3.05, 3.63) is 42.3 Å². The van der Waals surface area contributed by atoms with Crippen LogP contribution in [0.2, 0.25) is 0 Å². The highest BCUT2D eigenvalue weighted by Crippen LogP contribution is 2.18. The minimum absolute atomic E-state index is 0.0916. The van der Waals surface area contributed by atoms with Crippen molar-refractivity contribution in [2.45, 2.75) is 13.0 Å². The van der Waals surface area contributed by atoms with E-state index in [1.807, 2.05) is 30.3 Å². The van der Waals surface area contributed by atoms with E-state index in [9.17, 15) is 4.79 Å². The molecule has 0 spiro atoms. The van der Waals surface area contributed by atoms with Crippen LogP contribution in [-0.4, -0.2) is 40.6 Å². The molecule has 1 heterocycles. The van der Waals surface area contributed by atoms with Gasteiger partial charge in [0.05, 0.1) is 12.6 Å². The number of likely N-dealkylation sites (N-methyl/N-ethyl adjacent to an activating group) is 1. The molecule has 5 heteroatoms. The molecule has 0 fully saturated rings. The maximum absolute atomic E-state index is 12.1. The molecule has 1 aromatic carbocycles. The Morgan fingerprint density at radius 3 is 2.74 bits per heavy atom. The van der Waals surface area contributed by atoms with Crippen molar-refractivity contribution in [3.63, 3.8) is 0 Å². The normalized spacial score (nSPS) is 12.2. The molecule has 0 aliphatic carbocycles. The van der Waals surface area contributed by atoms with E-state index in [0.717, 1.165) is 5.56 Å². The third kappa shape index (κ3) is 2.82. The van der Waals surface area contributed by atoms with Crippen molar-refractivity contribution in [3.8, 4) is 11.5 Å². The fourth-order valence-electron chi connectivity index (χ4n) is 1.59. The second kappa shape index (κ2) is 5.67. The standard InChI is InChI=1S/C14H16N2O3/c1-10(8-17)16(2)14(18)12-9-19-13(15-12)11-6-4-3-5-7-11/h3-7,9-10,17H,8H2,1-2H3. The third-order valence-electron chi connectivity index (χ3n) is 2.99. The van der Waals surface area contributed by atoms with Crippen molar-refractivity contribution in [2.75, 3.05) is 13.7 Å². The Bertz CT molecular complexity index is 551. The van der Waals surface area contributed by atoms with E-state index >= 15 is 0 Å². The van der Waals surface area contributed by atoms with Crippen molar-refractivity contribution in [2.24, 2.45) is 0 Å². The summed E-state index contributed by atoms with van der Waals surface area (Å²) in [5.74, 6) is 0.140. The second-order valence-corrected chi connectivity index (χ2v) is 4.35. The average Bonchev–Trinajstić information content (AvgIpc) is 2.95. The highest BCUT2D eigenvalue weighted by Gasteiger charge is 2.20. The maximum atomic E-state index is 12.1. The largest absolute Gasteiger partial charge is 0.444 e. The Morgan fingerprint density at radius 2 is 2.11 bits per heavy atom. The summed E-state index contributed by atoms with van der Waals surface area (Å²) in [6, 6.07) is 9.11. The van der Waals surface area contributed by atoms with Crippen LogP contribution in [0, 0.1) is 0 Å². The molecule has 1 unspecified atom stereocenters. The first-order chi connectivity index (χ1) is 9.13. The van der Waals surface area contributed by atoms with E-state index < -0.39 is 0 Å². The zero-order valence-electron chi connectivity index (χ0n) is 10.9. The van der Waals surface area contributed by atoms with Crippen molar-refractivity contribution >= 4 is 5.91 Å². The molecule has 0 aliphatic heterocycles. The van der Waals surface area contributed by atoms with Gasteiger partial charge in [-0.15, -0.1) is 0 Å². The number of amides is 1. The number of aromatic nitrogens is 1. The number of hydrogen-bond acceptors (Lipinski definition) is 4. The van der Waals surface area contributed by atoms with Crippen LogP contribution in [0.15, 0.2) is 41.0 Å². The molecule has 19 heavy (non-hydrogen) atoms. The molecule has 1 atom stereocenters. The van der Waals surface area contributed by atoms with Gasteiger partial charge in [-0.3, -0.25) is 4.79 Å². The fraction of sp³-hybridized carbons (Fsp3) is 0.286. The van der Waals surface area contributed by atoms with Gasteiger partial charge in [0.25, 0.3) is 5.91 Å². The number of oxazole rings is 1. The van der Waals surface area contributed by atoms with E-state index in [1.165, 1.54) is 11.2 Å². The first-order valence-electron chi connectivity index (χ1n) is 6.02. The Morgan fingerprint density at radius 1 is 1.42 bits per heavy atom. The van der Waals surface area contributed by atoms with Gasteiger partial charge in [-0.05, 0) is 19.1 Å². The molecule has 0 saturated carbocycles. The average molecular weight is 260 g/mol. The monoisotopic (exact) mass is 260 g/mol. The van der Waals surface area contributed by atoms with Crippen LogP contribution in [0.3, 0.4) is 0 Å². The van der Waals surface area contributed by atoms with Crippen molar-refractivity contribution < 1.29 is 14.3 Å². The van der Waals surface area contributed by atoms with Crippen LogP contribution >= 0.6 is 0 Å². The molecule has 0 aliphatic rings. The fourth-order valence-corrected chi connectivity index (χ4v) is 1.59. The van der Waals surface area contributed by atoms with Gasteiger partial charge in [0.2, 0.25) is 5.89 Å². The molecule has 0 saturated heterocycles. The lowest BCUT2D eigenvalue weighted by Crippen LogP contribution is -2.37. The summed E-state index contributed by atoms with van der Waals surface area (Å²) in [6.07, 6.45) is 1.34. The molecule has 1 N–H and O–H groups in total. The van der Waals surface area contributed by atoms with Crippen LogP contribution < -0.4 is 0 Å². The van der Waals surface area contributed by atoms with Gasteiger partial charge in [-0.25, -0.2) is 4.98 Å². The lowest BCUT2D eigenvalue weighted by Gasteiger charge is -2.21. The predicted molar refractivity (Wildman–Crippen MR) is 70.6 cm³/mol. The minimum atomic E-state index is -0.271. The molecule has 100 valence electrons. The number of rotatable bonds is 4. The van der Waals surface area contributed by atoms with Gasteiger partial charge in [0.1, 0.15) is 6.26 Å². The van der Waals surface area contributed by atoms with E-state index in [1.54, 1.807) is 14.0 Å². The van der Waals surface area contributed by atoms with Crippen molar-refractivity contribution in [1.29, 1.82) is 0 Å². The first kappa shape index (κ1) is 13.3. The van der Waals surface area contributed by atoms with Crippen LogP contribution in [0.1, 0.15) is 17.4 Å². The maximum Gasteiger partial charge on any atom is 0.275 e. The van der Waals surface area contributed by atoms with Gasteiger partial charge < -0.3 is 14.4 Å². The SMILES string of the molecule is CC(CO)N(C)C(=O)c1coc(-c2ccccc2)n1. The lowest BCUT2D eigenvalue weighted by atomic mass is 10.2. The number of carbonyl (C=O) groups excluding carboxylic acids is 1. The van der Waals surface area contributed by atoms with E-state index in [4.69, 9.17) is 9.52 Å². The van der Waals surface area contributed by atoms with E-state index in [0.29, 0.717) is 5.89 Å². The molecule has 2 aromatic rings. The van der Waals surface area contributed by atoms with Crippen LogP contribution in [0.5, 0.6) is 0 Å². The molecule has 0 bridgehead atoms. The summed E-state index contributed by atoms with van der Waals surface area (Å²) in [4.78, 5) is 17.7. The number of carbonyl (C=O) groups is 1. The summed E-state index contributed by atoms with van der Waals surface area (Å²) in [5.41, 5.74) is 1.06. The van der Waals surface area contributed by atoms with Gasteiger partial charge in [0.15, 0.2) is 5.69 Å².